The molecule has 0 heterocycles. The van der Waals surface area contributed by atoms with Gasteiger partial charge in [0.2, 0.25) is 0 Å². The number of carbonyl (C=O) groups excluding carboxylic acids is 2. The van der Waals surface area contributed by atoms with Crippen LogP contribution in [0.1, 0.15) is 0 Å². The maximum atomic E-state index is 11.7. The fourth-order valence-electron chi connectivity index (χ4n) is 1.57. The fourth-order valence-corrected chi connectivity index (χ4v) is 2.51. The number of hydrogen-bond acceptors (Lipinski definition) is 4. The summed E-state index contributed by atoms with van der Waals surface area (Å²) in [6, 6.07) is 9.23. The molecule has 0 aliphatic heterocycles. The van der Waals surface area contributed by atoms with Crippen LogP contribution in [0.25, 0.3) is 0 Å². The Balaban J connectivity index is 2.02. The zero-order valence-corrected chi connectivity index (χ0v) is 14.8. The molecule has 0 atom stereocenters. The van der Waals surface area contributed by atoms with E-state index in [1.165, 1.54) is 24.3 Å². The Bertz CT molecular complexity index is 710. The number of benzene rings is 2. The normalized spacial score (nSPS) is 10.7. The highest BCUT2D eigenvalue weighted by Crippen LogP contribution is 2.33. The predicted molar refractivity (Wildman–Crippen MR) is 93.3 cm³/mol. The van der Waals surface area contributed by atoms with Crippen molar-refractivity contribution in [2.45, 2.75) is 0 Å². The van der Waals surface area contributed by atoms with Gasteiger partial charge in [0.05, 0.1) is 20.1 Å². The van der Waals surface area contributed by atoms with Crippen LogP contribution in [-0.4, -0.2) is 11.9 Å². The number of halogens is 4. The van der Waals surface area contributed by atoms with E-state index in [0.717, 1.165) is 12.2 Å². The number of hydrogen-bond donors (Lipinski definition) is 0. The van der Waals surface area contributed by atoms with E-state index >= 15 is 0 Å². The van der Waals surface area contributed by atoms with E-state index in [-0.39, 0.29) is 31.6 Å². The molecule has 0 saturated heterocycles. The van der Waals surface area contributed by atoms with Crippen LogP contribution in [0.4, 0.5) is 0 Å². The second kappa shape index (κ2) is 8.40. The molecule has 0 bridgehead atoms. The molecule has 0 aliphatic carbocycles. The number of carbonyl (C=O) groups is 2. The third kappa shape index (κ3) is 4.89. The molecular weight excluding hydrogens is 398 g/mol. The summed E-state index contributed by atoms with van der Waals surface area (Å²) in [4.78, 5) is 23.4. The Kier molecular flexibility index (Phi) is 6.52. The van der Waals surface area contributed by atoms with Gasteiger partial charge in [-0.3, -0.25) is 0 Å². The summed E-state index contributed by atoms with van der Waals surface area (Å²) in [5.41, 5.74) is 0. The van der Waals surface area contributed by atoms with Crippen molar-refractivity contribution in [3.8, 4) is 11.5 Å². The summed E-state index contributed by atoms with van der Waals surface area (Å²) in [5.74, 6) is -1.71. The zero-order chi connectivity index (χ0) is 17.7. The molecule has 2 aromatic rings. The van der Waals surface area contributed by atoms with Gasteiger partial charge in [-0.1, -0.05) is 58.5 Å². The minimum Gasteiger partial charge on any atom is -0.420 e. The zero-order valence-electron chi connectivity index (χ0n) is 11.8. The monoisotopic (exact) mass is 404 g/mol. The lowest BCUT2D eigenvalue weighted by Crippen LogP contribution is -2.09. The Hall–Kier alpha value is -1.72. The first kappa shape index (κ1) is 18.6. The van der Waals surface area contributed by atoms with Gasteiger partial charge >= 0.3 is 11.9 Å². The van der Waals surface area contributed by atoms with Crippen molar-refractivity contribution in [1.29, 1.82) is 0 Å². The third-order valence-electron chi connectivity index (χ3n) is 2.60. The Morgan fingerprint density at radius 1 is 0.667 bits per heavy atom. The van der Waals surface area contributed by atoms with Gasteiger partial charge < -0.3 is 9.47 Å². The van der Waals surface area contributed by atoms with E-state index in [4.69, 9.17) is 55.9 Å². The molecule has 0 unspecified atom stereocenters. The SMILES string of the molecule is O=C(/C=C/C(=O)Oc1c(Cl)cccc1Cl)Oc1c(Cl)cccc1Cl. The summed E-state index contributed by atoms with van der Waals surface area (Å²) in [7, 11) is 0. The van der Waals surface area contributed by atoms with Crippen molar-refractivity contribution < 1.29 is 19.1 Å². The van der Waals surface area contributed by atoms with Crippen LogP contribution in [0.3, 0.4) is 0 Å². The number of rotatable bonds is 4. The molecule has 0 fully saturated rings. The standard InChI is InChI=1S/C16H8Cl4O4/c17-9-3-1-4-10(18)15(9)23-13(21)7-8-14(22)24-16-11(19)5-2-6-12(16)20/h1-8H/b8-7+. The highest BCUT2D eigenvalue weighted by atomic mass is 35.5. The smallest absolute Gasteiger partial charge is 0.336 e. The van der Waals surface area contributed by atoms with Gasteiger partial charge in [-0.2, -0.15) is 0 Å². The summed E-state index contributed by atoms with van der Waals surface area (Å²) in [6.07, 6.45) is 1.74. The molecule has 0 amide bonds. The second-order valence-electron chi connectivity index (χ2n) is 4.28. The Morgan fingerprint density at radius 2 is 0.958 bits per heavy atom. The molecule has 0 aliphatic rings. The molecule has 0 spiro atoms. The van der Waals surface area contributed by atoms with Crippen molar-refractivity contribution in [3.63, 3.8) is 0 Å². The number of ether oxygens (including phenoxy) is 2. The fraction of sp³-hybridized carbons (Fsp3) is 0. The van der Waals surface area contributed by atoms with Gasteiger partial charge in [-0.25, -0.2) is 9.59 Å². The Morgan fingerprint density at radius 3 is 1.25 bits per heavy atom. The highest BCUT2D eigenvalue weighted by molar-refractivity contribution is 6.38. The van der Waals surface area contributed by atoms with Gasteiger partial charge in [0.15, 0.2) is 11.5 Å². The molecule has 124 valence electrons. The molecule has 8 heteroatoms. The maximum absolute atomic E-state index is 11.7. The van der Waals surface area contributed by atoms with Crippen LogP contribution in [0.5, 0.6) is 11.5 Å². The predicted octanol–water partition coefficient (Wildman–Crippen LogP) is 5.37. The van der Waals surface area contributed by atoms with Crippen LogP contribution in [0.15, 0.2) is 48.6 Å². The van der Waals surface area contributed by atoms with Crippen molar-refractivity contribution in [1.82, 2.24) is 0 Å². The first-order valence-corrected chi connectivity index (χ1v) is 7.89. The molecular formula is C16H8Cl4O4. The summed E-state index contributed by atoms with van der Waals surface area (Å²) in [6.45, 7) is 0. The molecule has 0 N–H and O–H groups in total. The topological polar surface area (TPSA) is 52.6 Å². The van der Waals surface area contributed by atoms with Gasteiger partial charge in [0, 0.05) is 12.2 Å². The third-order valence-corrected chi connectivity index (χ3v) is 3.79. The van der Waals surface area contributed by atoms with Gasteiger partial charge in [-0.05, 0) is 24.3 Å². The van der Waals surface area contributed by atoms with Gasteiger partial charge in [0.1, 0.15) is 0 Å². The summed E-state index contributed by atoms with van der Waals surface area (Å²) >= 11 is 23.5. The van der Waals surface area contributed by atoms with Crippen molar-refractivity contribution >= 4 is 58.3 Å². The minimum atomic E-state index is -0.854. The molecule has 24 heavy (non-hydrogen) atoms. The summed E-state index contributed by atoms with van der Waals surface area (Å²) in [5, 5.41) is 0.647. The Labute approximate surface area is 157 Å². The highest BCUT2D eigenvalue weighted by Gasteiger charge is 2.12. The quantitative estimate of drug-likeness (QED) is 0.390. The molecule has 2 rings (SSSR count). The van der Waals surface area contributed by atoms with E-state index in [2.05, 4.69) is 0 Å². The van der Waals surface area contributed by atoms with Crippen LogP contribution in [0.2, 0.25) is 20.1 Å². The van der Waals surface area contributed by atoms with Crippen molar-refractivity contribution in [2.75, 3.05) is 0 Å². The van der Waals surface area contributed by atoms with Crippen molar-refractivity contribution in [3.05, 3.63) is 68.6 Å². The van der Waals surface area contributed by atoms with E-state index in [0.29, 0.717) is 0 Å². The summed E-state index contributed by atoms with van der Waals surface area (Å²) < 4.78 is 9.95. The first-order valence-electron chi connectivity index (χ1n) is 6.38. The lowest BCUT2D eigenvalue weighted by Gasteiger charge is -2.06. The molecule has 2 aromatic carbocycles. The van der Waals surface area contributed by atoms with Crippen LogP contribution in [0, 0.1) is 0 Å². The molecule has 4 nitrogen and oxygen atoms in total. The van der Waals surface area contributed by atoms with Crippen molar-refractivity contribution in [2.24, 2.45) is 0 Å². The van der Waals surface area contributed by atoms with E-state index in [9.17, 15) is 9.59 Å². The lowest BCUT2D eigenvalue weighted by atomic mass is 10.3. The lowest BCUT2D eigenvalue weighted by molar-refractivity contribution is -0.131. The first-order chi connectivity index (χ1) is 11.4. The average molecular weight is 406 g/mol. The van der Waals surface area contributed by atoms with E-state index < -0.39 is 11.9 Å². The molecule has 0 saturated carbocycles. The second-order valence-corrected chi connectivity index (χ2v) is 5.91. The average Bonchev–Trinajstić information content (AvgIpc) is 2.53. The minimum absolute atomic E-state index is 0.00185. The number of para-hydroxylation sites is 2. The van der Waals surface area contributed by atoms with Crippen LogP contribution >= 0.6 is 46.4 Å². The van der Waals surface area contributed by atoms with Crippen LogP contribution in [-0.2, 0) is 9.59 Å². The maximum Gasteiger partial charge on any atom is 0.336 e. The van der Waals surface area contributed by atoms with Gasteiger partial charge in [-0.15, -0.1) is 0 Å². The molecule has 0 aromatic heterocycles. The number of esters is 2. The van der Waals surface area contributed by atoms with Crippen LogP contribution < -0.4 is 9.47 Å². The van der Waals surface area contributed by atoms with E-state index in [1.54, 1.807) is 12.1 Å². The largest absolute Gasteiger partial charge is 0.420 e. The van der Waals surface area contributed by atoms with E-state index in [1.807, 2.05) is 0 Å². The molecule has 0 radical (unpaired) electrons. The van der Waals surface area contributed by atoms with Gasteiger partial charge in [0.25, 0.3) is 0 Å².